The van der Waals surface area contributed by atoms with E-state index in [4.69, 9.17) is 11.6 Å². The van der Waals surface area contributed by atoms with Gasteiger partial charge in [-0.1, -0.05) is 57.9 Å². The molecule has 0 saturated carbocycles. The molecule has 3 aromatic rings. The van der Waals surface area contributed by atoms with Crippen LogP contribution in [0, 0.1) is 0 Å². The second-order valence-corrected chi connectivity index (χ2v) is 9.33. The number of rotatable bonds is 4. The molecule has 2 heterocycles. The molecule has 2 N–H and O–H groups in total. The van der Waals surface area contributed by atoms with Crippen molar-refractivity contribution < 1.29 is 8.42 Å². The van der Waals surface area contributed by atoms with Crippen LogP contribution in [0.3, 0.4) is 0 Å². The van der Waals surface area contributed by atoms with Crippen LogP contribution in [0.25, 0.3) is 5.70 Å². The van der Waals surface area contributed by atoms with Crippen molar-refractivity contribution in [3.05, 3.63) is 75.2 Å². The summed E-state index contributed by atoms with van der Waals surface area (Å²) in [5.74, 6) is 0.406. The number of nitrogens with one attached hydrogen (secondary N) is 2. The highest BCUT2D eigenvalue weighted by Crippen LogP contribution is 2.36. The molecule has 0 unspecified atom stereocenters. The molecule has 0 fully saturated rings. The van der Waals surface area contributed by atoms with Crippen LogP contribution in [0.15, 0.2) is 59.1 Å². The van der Waals surface area contributed by atoms with E-state index < -0.39 is 10.0 Å². The Bertz CT molecular complexity index is 1170. The molecule has 0 spiro atoms. The van der Waals surface area contributed by atoms with Crippen molar-refractivity contribution in [2.45, 2.75) is 6.04 Å². The zero-order valence-corrected chi connectivity index (χ0v) is 17.8. The van der Waals surface area contributed by atoms with Crippen molar-refractivity contribution in [3.63, 3.8) is 0 Å². The second-order valence-electron chi connectivity index (χ2n) is 6.26. The number of hydrogen-bond donors (Lipinski definition) is 2. The Balaban J connectivity index is 1.83. The molecular formula is C18H15BrClN5O2S. The smallest absolute Gasteiger partial charge is 0.257 e. The minimum Gasteiger partial charge on any atom is -0.324 e. The summed E-state index contributed by atoms with van der Waals surface area (Å²) in [6, 6.07) is 14.9. The summed E-state index contributed by atoms with van der Waals surface area (Å²) in [4.78, 5) is 4.29. The molecule has 0 aliphatic carbocycles. The van der Waals surface area contributed by atoms with Crippen LogP contribution in [0.5, 0.6) is 0 Å². The lowest BCUT2D eigenvalue weighted by Gasteiger charge is -2.24. The lowest BCUT2D eigenvalue weighted by molar-refractivity contribution is 0.603. The molecule has 10 heteroatoms. The number of allylic oxidation sites excluding steroid dienone is 1. The Morgan fingerprint density at radius 1 is 1.18 bits per heavy atom. The number of anilines is 2. The molecule has 1 aliphatic rings. The van der Waals surface area contributed by atoms with E-state index in [-0.39, 0.29) is 12.0 Å². The maximum Gasteiger partial charge on any atom is 0.257 e. The summed E-state index contributed by atoms with van der Waals surface area (Å²) < 4.78 is 28.0. The quantitative estimate of drug-likeness (QED) is 0.586. The number of halogens is 2. The van der Waals surface area contributed by atoms with Gasteiger partial charge in [0.15, 0.2) is 0 Å². The van der Waals surface area contributed by atoms with E-state index in [9.17, 15) is 8.42 Å². The van der Waals surface area contributed by atoms with Gasteiger partial charge in [-0.05, 0) is 35.4 Å². The molecule has 1 aliphatic heterocycles. The Morgan fingerprint density at radius 3 is 2.57 bits per heavy atom. The standard InChI is InChI=1S/C18H15BrClN5O2S/c1-28(26,27)24-17-22-18-21-15(11-6-8-12(19)9-7-11)10-16(25(18)23-17)13-4-2-3-5-14(13)20/h2-10,16H,1H3,(H2,21,22,23,24)/t16-/m1/s1. The Morgan fingerprint density at radius 2 is 1.89 bits per heavy atom. The molecule has 28 heavy (non-hydrogen) atoms. The van der Waals surface area contributed by atoms with E-state index >= 15 is 0 Å². The summed E-state index contributed by atoms with van der Waals surface area (Å²) in [6.45, 7) is 0. The number of aromatic nitrogens is 3. The molecule has 144 valence electrons. The fourth-order valence-corrected chi connectivity index (χ4v) is 3.87. The molecule has 1 aromatic heterocycles. The molecule has 4 rings (SSSR count). The van der Waals surface area contributed by atoms with Gasteiger partial charge in [-0.25, -0.2) is 13.1 Å². The number of fused-ring (bicyclic) bond motifs is 1. The van der Waals surface area contributed by atoms with Gasteiger partial charge in [0.05, 0.1) is 6.26 Å². The van der Waals surface area contributed by atoms with Gasteiger partial charge >= 0.3 is 0 Å². The lowest BCUT2D eigenvalue weighted by Crippen LogP contribution is -2.20. The van der Waals surface area contributed by atoms with E-state index in [0.717, 1.165) is 27.6 Å². The molecule has 0 amide bonds. The highest BCUT2D eigenvalue weighted by Gasteiger charge is 2.27. The van der Waals surface area contributed by atoms with Crippen molar-refractivity contribution in [3.8, 4) is 0 Å². The summed E-state index contributed by atoms with van der Waals surface area (Å²) in [5, 5.41) is 8.12. The monoisotopic (exact) mass is 479 g/mol. The molecule has 2 aromatic carbocycles. The molecule has 1 atom stereocenters. The minimum absolute atomic E-state index is 0.00694. The minimum atomic E-state index is -3.50. The van der Waals surface area contributed by atoms with Gasteiger partial charge in [0.25, 0.3) is 5.95 Å². The summed E-state index contributed by atoms with van der Waals surface area (Å²) in [5.41, 5.74) is 2.60. The van der Waals surface area contributed by atoms with Gasteiger partial charge in [-0.15, -0.1) is 5.10 Å². The number of benzene rings is 2. The van der Waals surface area contributed by atoms with Gasteiger partial charge in [0, 0.05) is 15.2 Å². The first kappa shape index (κ1) is 19.0. The highest BCUT2D eigenvalue weighted by molar-refractivity contribution is 9.10. The highest BCUT2D eigenvalue weighted by atomic mass is 79.9. The van der Waals surface area contributed by atoms with Crippen molar-refractivity contribution in [2.75, 3.05) is 16.3 Å². The molecular weight excluding hydrogens is 466 g/mol. The van der Waals surface area contributed by atoms with E-state index in [2.05, 4.69) is 36.1 Å². The first-order chi connectivity index (χ1) is 13.3. The van der Waals surface area contributed by atoms with Gasteiger partial charge in [-0.2, -0.15) is 4.98 Å². The topological polar surface area (TPSA) is 88.9 Å². The number of sulfonamides is 1. The lowest BCUT2D eigenvalue weighted by atomic mass is 10.0. The van der Waals surface area contributed by atoms with E-state index in [1.807, 2.05) is 48.5 Å². The van der Waals surface area contributed by atoms with Crippen molar-refractivity contribution in [2.24, 2.45) is 0 Å². The fraction of sp³-hybridized carbons (Fsp3) is 0.111. The van der Waals surface area contributed by atoms with Crippen LogP contribution in [-0.4, -0.2) is 29.4 Å². The Labute approximate surface area is 175 Å². The van der Waals surface area contributed by atoms with Gasteiger partial charge < -0.3 is 5.32 Å². The van der Waals surface area contributed by atoms with E-state index in [1.165, 1.54) is 0 Å². The second kappa shape index (κ2) is 7.23. The normalized spacial score (nSPS) is 16.1. The van der Waals surface area contributed by atoms with Crippen molar-refractivity contribution in [1.82, 2.24) is 14.8 Å². The van der Waals surface area contributed by atoms with Crippen molar-refractivity contribution >= 4 is 55.1 Å². The zero-order valence-electron chi connectivity index (χ0n) is 14.6. The maximum absolute atomic E-state index is 11.6. The first-order valence-corrected chi connectivity index (χ1v) is 11.3. The fourth-order valence-electron chi connectivity index (χ4n) is 2.94. The number of hydrogen-bond acceptors (Lipinski definition) is 5. The average molecular weight is 481 g/mol. The largest absolute Gasteiger partial charge is 0.324 e. The molecule has 7 nitrogen and oxygen atoms in total. The third kappa shape index (κ3) is 3.91. The van der Waals surface area contributed by atoms with Crippen LogP contribution in [0.1, 0.15) is 17.2 Å². The third-order valence-corrected chi connectivity index (χ3v) is 5.55. The number of nitrogens with zero attached hydrogens (tertiary/aromatic N) is 3. The molecule has 0 radical (unpaired) electrons. The van der Waals surface area contributed by atoms with Crippen LogP contribution in [0.4, 0.5) is 11.9 Å². The van der Waals surface area contributed by atoms with Crippen LogP contribution >= 0.6 is 27.5 Å². The van der Waals surface area contributed by atoms with Crippen LogP contribution < -0.4 is 10.0 Å². The maximum atomic E-state index is 11.6. The van der Waals surface area contributed by atoms with Crippen LogP contribution in [0.2, 0.25) is 5.02 Å². The van der Waals surface area contributed by atoms with E-state index in [1.54, 1.807) is 10.7 Å². The van der Waals surface area contributed by atoms with Gasteiger partial charge in [0.2, 0.25) is 16.0 Å². The summed E-state index contributed by atoms with van der Waals surface area (Å²) >= 11 is 9.86. The SMILES string of the molecule is CS(=O)(=O)Nc1nc2n(n1)[C@@H](c1ccccc1Cl)C=C(c1ccc(Br)cc1)N2. The average Bonchev–Trinajstić information content (AvgIpc) is 3.02. The van der Waals surface area contributed by atoms with Crippen LogP contribution in [-0.2, 0) is 10.0 Å². The predicted molar refractivity (Wildman–Crippen MR) is 114 cm³/mol. The molecule has 0 saturated heterocycles. The Kier molecular flexibility index (Phi) is 4.90. The third-order valence-electron chi connectivity index (χ3n) is 4.12. The summed E-state index contributed by atoms with van der Waals surface area (Å²) in [6.07, 6.45) is 3.04. The first-order valence-electron chi connectivity index (χ1n) is 8.24. The van der Waals surface area contributed by atoms with E-state index in [0.29, 0.717) is 11.0 Å². The molecule has 0 bridgehead atoms. The Hall–Kier alpha value is -2.36. The predicted octanol–water partition coefficient (Wildman–Crippen LogP) is 4.12. The van der Waals surface area contributed by atoms with Gasteiger partial charge in [0.1, 0.15) is 6.04 Å². The summed E-state index contributed by atoms with van der Waals surface area (Å²) in [7, 11) is -3.50. The zero-order chi connectivity index (χ0) is 19.9. The van der Waals surface area contributed by atoms with Gasteiger partial charge in [-0.3, -0.25) is 4.72 Å². The van der Waals surface area contributed by atoms with Crippen molar-refractivity contribution in [1.29, 1.82) is 0 Å².